The molecule has 2 rings (SSSR count). The highest BCUT2D eigenvalue weighted by Crippen LogP contribution is 2.35. The molecule has 1 fully saturated rings. The number of halogens is 1. The summed E-state index contributed by atoms with van der Waals surface area (Å²) in [6, 6.07) is 5.01. The van der Waals surface area contributed by atoms with Gasteiger partial charge in [0.05, 0.1) is 12.5 Å². The Labute approximate surface area is 134 Å². The van der Waals surface area contributed by atoms with Crippen molar-refractivity contribution in [2.24, 2.45) is 0 Å². The highest BCUT2D eigenvalue weighted by molar-refractivity contribution is 6.21. The second-order valence-electron chi connectivity index (χ2n) is 6.40. The monoisotopic (exact) mass is 309 g/mol. The lowest BCUT2D eigenvalue weighted by atomic mass is 9.94. The van der Waals surface area contributed by atoms with E-state index in [2.05, 4.69) is 37.9 Å². The van der Waals surface area contributed by atoms with Gasteiger partial charge in [-0.25, -0.2) is 0 Å². The molecule has 0 aliphatic heterocycles. The molecule has 0 saturated heterocycles. The Morgan fingerprint density at radius 1 is 1.24 bits per heavy atom. The van der Waals surface area contributed by atoms with Crippen LogP contribution < -0.4 is 4.74 Å². The maximum atomic E-state index is 6.73. The van der Waals surface area contributed by atoms with E-state index in [4.69, 9.17) is 16.3 Å². The quantitative estimate of drug-likeness (QED) is 0.720. The third-order valence-electron chi connectivity index (χ3n) is 4.64. The molecule has 2 nitrogen and oxygen atoms in total. The van der Waals surface area contributed by atoms with E-state index in [0.29, 0.717) is 6.04 Å². The summed E-state index contributed by atoms with van der Waals surface area (Å²) < 4.78 is 5.58. The van der Waals surface area contributed by atoms with Gasteiger partial charge in [-0.1, -0.05) is 37.0 Å². The third-order valence-corrected chi connectivity index (χ3v) is 5.01. The first-order valence-corrected chi connectivity index (χ1v) is 8.46. The zero-order valence-corrected chi connectivity index (χ0v) is 14.5. The molecule has 0 amide bonds. The smallest absolute Gasteiger partial charge is 0.126 e. The standard InChI is InChI=1S/C18H28ClNO/c1-13-10-14(2)18(21-4)16(11-13)17(19)12-20(3)15-8-6-5-7-9-15/h10-11,15,17H,5-9,12H2,1-4H3. The van der Waals surface area contributed by atoms with Crippen molar-refractivity contribution in [1.29, 1.82) is 0 Å². The maximum Gasteiger partial charge on any atom is 0.126 e. The molecular formula is C18H28ClNO. The lowest BCUT2D eigenvalue weighted by Gasteiger charge is -2.32. The molecular weight excluding hydrogens is 282 g/mol. The zero-order valence-electron chi connectivity index (χ0n) is 13.8. The first-order valence-electron chi connectivity index (χ1n) is 8.02. The first-order chi connectivity index (χ1) is 10.0. The van der Waals surface area contributed by atoms with Gasteiger partial charge in [-0.15, -0.1) is 11.6 Å². The molecule has 1 aromatic carbocycles. The summed E-state index contributed by atoms with van der Waals surface area (Å²) >= 11 is 6.73. The van der Waals surface area contributed by atoms with Gasteiger partial charge in [0.15, 0.2) is 0 Å². The highest BCUT2D eigenvalue weighted by Gasteiger charge is 2.23. The summed E-state index contributed by atoms with van der Waals surface area (Å²) in [7, 11) is 3.94. The number of aryl methyl sites for hydroxylation is 2. The Morgan fingerprint density at radius 3 is 2.52 bits per heavy atom. The first kappa shape index (κ1) is 16.6. The van der Waals surface area contributed by atoms with Crippen molar-refractivity contribution in [3.63, 3.8) is 0 Å². The minimum Gasteiger partial charge on any atom is -0.496 e. The normalized spacial score (nSPS) is 18.0. The number of hydrogen-bond donors (Lipinski definition) is 0. The summed E-state index contributed by atoms with van der Waals surface area (Å²) in [5.41, 5.74) is 3.53. The van der Waals surface area contributed by atoms with Crippen molar-refractivity contribution in [3.8, 4) is 5.75 Å². The van der Waals surface area contributed by atoms with Gasteiger partial charge in [0, 0.05) is 18.2 Å². The van der Waals surface area contributed by atoms with E-state index in [1.165, 1.54) is 43.2 Å². The van der Waals surface area contributed by atoms with E-state index in [9.17, 15) is 0 Å². The number of methoxy groups -OCH3 is 1. The number of ether oxygens (including phenoxy) is 1. The van der Waals surface area contributed by atoms with Crippen LogP contribution in [0.2, 0.25) is 0 Å². The van der Waals surface area contributed by atoms with Gasteiger partial charge in [0.25, 0.3) is 0 Å². The SMILES string of the molecule is COc1c(C)cc(C)cc1C(Cl)CN(C)C1CCCCC1. The molecule has 0 bridgehead atoms. The van der Waals surface area contributed by atoms with Gasteiger partial charge in [0.2, 0.25) is 0 Å². The average Bonchev–Trinajstić information content (AvgIpc) is 2.47. The fourth-order valence-electron chi connectivity index (χ4n) is 3.52. The molecule has 118 valence electrons. The van der Waals surface area contributed by atoms with E-state index in [1.54, 1.807) is 7.11 Å². The molecule has 3 heteroatoms. The van der Waals surface area contributed by atoms with Gasteiger partial charge < -0.3 is 9.64 Å². The number of likely N-dealkylation sites (N-methyl/N-ethyl adjacent to an activating group) is 1. The Morgan fingerprint density at radius 2 is 1.90 bits per heavy atom. The third kappa shape index (κ3) is 4.14. The number of hydrogen-bond acceptors (Lipinski definition) is 2. The van der Waals surface area contributed by atoms with E-state index in [-0.39, 0.29) is 5.38 Å². The van der Waals surface area contributed by atoms with Crippen LogP contribution in [0.4, 0.5) is 0 Å². The molecule has 1 aliphatic carbocycles. The summed E-state index contributed by atoms with van der Waals surface area (Å²) in [5.74, 6) is 0.942. The molecule has 1 atom stereocenters. The van der Waals surface area contributed by atoms with Crippen molar-refractivity contribution in [1.82, 2.24) is 4.90 Å². The van der Waals surface area contributed by atoms with Crippen molar-refractivity contribution in [3.05, 3.63) is 28.8 Å². The molecule has 1 unspecified atom stereocenters. The Bertz CT molecular complexity index is 469. The fraction of sp³-hybridized carbons (Fsp3) is 0.667. The molecule has 1 aromatic rings. The topological polar surface area (TPSA) is 12.5 Å². The summed E-state index contributed by atoms with van der Waals surface area (Å²) in [4.78, 5) is 2.44. The fourth-order valence-corrected chi connectivity index (χ4v) is 3.90. The minimum absolute atomic E-state index is 0.0227. The van der Waals surface area contributed by atoms with Gasteiger partial charge in [-0.2, -0.15) is 0 Å². The van der Waals surface area contributed by atoms with Crippen molar-refractivity contribution in [2.75, 3.05) is 20.7 Å². The van der Waals surface area contributed by atoms with E-state index in [0.717, 1.165) is 17.9 Å². The maximum absolute atomic E-state index is 6.73. The van der Waals surface area contributed by atoms with E-state index >= 15 is 0 Å². The van der Waals surface area contributed by atoms with Crippen molar-refractivity contribution >= 4 is 11.6 Å². The summed E-state index contributed by atoms with van der Waals surface area (Å²) in [6.07, 6.45) is 6.72. The molecule has 1 saturated carbocycles. The molecule has 21 heavy (non-hydrogen) atoms. The predicted molar refractivity (Wildman–Crippen MR) is 90.6 cm³/mol. The Balaban J connectivity index is 2.10. The van der Waals surface area contributed by atoms with E-state index in [1.807, 2.05) is 0 Å². The molecule has 0 heterocycles. The molecule has 0 aromatic heterocycles. The largest absolute Gasteiger partial charge is 0.496 e. The van der Waals surface area contributed by atoms with Gasteiger partial charge in [-0.3, -0.25) is 0 Å². The summed E-state index contributed by atoms with van der Waals surface area (Å²) in [5, 5.41) is -0.0227. The van der Waals surface area contributed by atoms with Crippen molar-refractivity contribution in [2.45, 2.75) is 57.4 Å². The predicted octanol–water partition coefficient (Wildman–Crippen LogP) is 4.86. The van der Waals surface area contributed by atoms with Crippen LogP contribution in [0.1, 0.15) is 54.2 Å². The Kier molecular flexibility index (Phi) is 5.95. The van der Waals surface area contributed by atoms with Crippen LogP contribution in [0.15, 0.2) is 12.1 Å². The van der Waals surface area contributed by atoms with Crippen LogP contribution in [0.5, 0.6) is 5.75 Å². The number of rotatable bonds is 5. The molecule has 0 N–H and O–H groups in total. The lowest BCUT2D eigenvalue weighted by Crippen LogP contribution is -2.35. The van der Waals surface area contributed by atoms with Crippen LogP contribution in [-0.2, 0) is 0 Å². The molecule has 0 radical (unpaired) electrons. The second-order valence-corrected chi connectivity index (χ2v) is 6.93. The van der Waals surface area contributed by atoms with Crippen LogP contribution >= 0.6 is 11.6 Å². The Hall–Kier alpha value is -0.730. The number of benzene rings is 1. The zero-order chi connectivity index (χ0) is 15.4. The summed E-state index contributed by atoms with van der Waals surface area (Å²) in [6.45, 7) is 5.08. The number of alkyl halides is 1. The molecule has 1 aliphatic rings. The van der Waals surface area contributed by atoms with Crippen LogP contribution in [0.25, 0.3) is 0 Å². The van der Waals surface area contributed by atoms with Gasteiger partial charge in [-0.05, 0) is 39.3 Å². The minimum atomic E-state index is -0.0227. The van der Waals surface area contributed by atoms with Crippen LogP contribution in [-0.4, -0.2) is 31.6 Å². The lowest BCUT2D eigenvalue weighted by molar-refractivity contribution is 0.191. The second kappa shape index (κ2) is 7.51. The highest BCUT2D eigenvalue weighted by atomic mass is 35.5. The van der Waals surface area contributed by atoms with Gasteiger partial charge in [0.1, 0.15) is 5.75 Å². The van der Waals surface area contributed by atoms with Crippen molar-refractivity contribution < 1.29 is 4.74 Å². The van der Waals surface area contributed by atoms with Crippen LogP contribution in [0, 0.1) is 13.8 Å². The molecule has 0 spiro atoms. The average molecular weight is 310 g/mol. The number of nitrogens with zero attached hydrogens (tertiary/aromatic N) is 1. The van der Waals surface area contributed by atoms with E-state index < -0.39 is 0 Å². The van der Waals surface area contributed by atoms with Gasteiger partial charge >= 0.3 is 0 Å². The van der Waals surface area contributed by atoms with Crippen LogP contribution in [0.3, 0.4) is 0 Å².